The SMILES string of the molecule is Cc1ccc(OC[C@H](O)Cn2c(SCC(=O)c3ccccc3)nc3c2c(=O)n(C)c(=O)n3C)cc1. The van der Waals surface area contributed by atoms with Crippen molar-refractivity contribution < 1.29 is 14.6 Å². The second kappa shape index (κ2) is 10.3. The molecule has 0 bridgehead atoms. The summed E-state index contributed by atoms with van der Waals surface area (Å²) in [7, 11) is 2.92. The van der Waals surface area contributed by atoms with E-state index in [1.165, 1.54) is 18.7 Å². The maximum Gasteiger partial charge on any atom is 0.332 e. The Morgan fingerprint density at radius 3 is 2.43 bits per heavy atom. The molecule has 0 saturated carbocycles. The predicted molar refractivity (Wildman–Crippen MR) is 134 cm³/mol. The van der Waals surface area contributed by atoms with Crippen LogP contribution in [-0.2, 0) is 20.6 Å². The van der Waals surface area contributed by atoms with Crippen LogP contribution in [0.1, 0.15) is 15.9 Å². The number of ketones is 1. The average Bonchev–Trinajstić information content (AvgIpc) is 3.23. The van der Waals surface area contributed by atoms with E-state index in [1.807, 2.05) is 37.3 Å². The number of benzene rings is 2. The van der Waals surface area contributed by atoms with Gasteiger partial charge in [-0.2, -0.15) is 0 Å². The Morgan fingerprint density at radius 2 is 1.74 bits per heavy atom. The summed E-state index contributed by atoms with van der Waals surface area (Å²) in [4.78, 5) is 42.6. The summed E-state index contributed by atoms with van der Waals surface area (Å²) in [6, 6.07) is 16.3. The van der Waals surface area contributed by atoms with Gasteiger partial charge in [-0.25, -0.2) is 9.78 Å². The van der Waals surface area contributed by atoms with E-state index < -0.39 is 17.4 Å². The third-order valence-corrected chi connectivity index (χ3v) is 6.57. The highest BCUT2D eigenvalue weighted by Crippen LogP contribution is 2.23. The summed E-state index contributed by atoms with van der Waals surface area (Å²) < 4.78 is 9.53. The zero-order chi connectivity index (χ0) is 25.1. The highest BCUT2D eigenvalue weighted by molar-refractivity contribution is 7.99. The molecule has 182 valence electrons. The van der Waals surface area contributed by atoms with E-state index in [-0.39, 0.29) is 35.9 Å². The van der Waals surface area contributed by atoms with E-state index in [0.29, 0.717) is 16.5 Å². The van der Waals surface area contributed by atoms with Crippen LogP contribution in [0.5, 0.6) is 5.75 Å². The fraction of sp³-hybridized carbons (Fsp3) is 0.280. The minimum absolute atomic E-state index is 0.00232. The molecule has 2 heterocycles. The number of rotatable bonds is 9. The molecule has 4 aromatic rings. The largest absolute Gasteiger partial charge is 0.491 e. The van der Waals surface area contributed by atoms with Gasteiger partial charge in [-0.3, -0.25) is 18.7 Å². The Hall–Kier alpha value is -3.63. The number of Topliss-reactive ketones (excluding diaryl/α,β-unsaturated/α-hetero) is 1. The van der Waals surface area contributed by atoms with E-state index in [1.54, 1.807) is 28.8 Å². The fourth-order valence-corrected chi connectivity index (χ4v) is 4.53. The Bertz CT molecular complexity index is 1470. The van der Waals surface area contributed by atoms with E-state index >= 15 is 0 Å². The van der Waals surface area contributed by atoms with Gasteiger partial charge in [0.25, 0.3) is 5.56 Å². The van der Waals surface area contributed by atoms with Crippen molar-refractivity contribution in [1.82, 2.24) is 18.7 Å². The average molecular weight is 495 g/mol. The molecule has 1 atom stereocenters. The molecule has 2 aromatic heterocycles. The highest BCUT2D eigenvalue weighted by atomic mass is 32.2. The number of carbonyl (C=O) groups excluding carboxylic acids is 1. The van der Waals surface area contributed by atoms with Gasteiger partial charge in [0.05, 0.1) is 12.3 Å². The number of aromatic nitrogens is 4. The van der Waals surface area contributed by atoms with Crippen LogP contribution >= 0.6 is 11.8 Å². The molecule has 35 heavy (non-hydrogen) atoms. The third kappa shape index (κ3) is 5.23. The number of hydrogen-bond donors (Lipinski definition) is 1. The summed E-state index contributed by atoms with van der Waals surface area (Å²) in [5.41, 5.74) is 1.00. The molecule has 0 aliphatic heterocycles. The van der Waals surface area contributed by atoms with Gasteiger partial charge in [-0.15, -0.1) is 0 Å². The molecule has 0 aliphatic rings. The summed E-state index contributed by atoms with van der Waals surface area (Å²) >= 11 is 1.15. The van der Waals surface area contributed by atoms with Crippen LogP contribution in [0.3, 0.4) is 0 Å². The molecule has 4 rings (SSSR count). The molecule has 0 radical (unpaired) electrons. The van der Waals surface area contributed by atoms with Gasteiger partial charge >= 0.3 is 5.69 Å². The number of thioether (sulfide) groups is 1. The number of fused-ring (bicyclic) bond motifs is 1. The zero-order valence-electron chi connectivity index (χ0n) is 19.7. The summed E-state index contributed by atoms with van der Waals surface area (Å²) in [6.45, 7) is 1.96. The van der Waals surface area contributed by atoms with Crippen LogP contribution in [0.25, 0.3) is 11.2 Å². The summed E-state index contributed by atoms with van der Waals surface area (Å²) in [5, 5.41) is 11.1. The van der Waals surface area contributed by atoms with Crippen LogP contribution < -0.4 is 16.0 Å². The molecule has 10 heteroatoms. The first kappa shape index (κ1) is 24.5. The highest BCUT2D eigenvalue weighted by Gasteiger charge is 2.22. The van der Waals surface area contributed by atoms with Crippen molar-refractivity contribution in [2.75, 3.05) is 12.4 Å². The normalized spacial score (nSPS) is 12.1. The van der Waals surface area contributed by atoms with Crippen LogP contribution in [-0.4, -0.2) is 48.0 Å². The first-order valence-corrected chi connectivity index (χ1v) is 12.0. The van der Waals surface area contributed by atoms with Crippen molar-refractivity contribution in [1.29, 1.82) is 0 Å². The maximum absolute atomic E-state index is 13.0. The number of aliphatic hydroxyl groups excluding tert-OH is 1. The Labute approximate surface area is 205 Å². The van der Waals surface area contributed by atoms with E-state index in [2.05, 4.69) is 4.98 Å². The Morgan fingerprint density at radius 1 is 1.06 bits per heavy atom. The van der Waals surface area contributed by atoms with Crippen molar-refractivity contribution in [2.45, 2.75) is 24.7 Å². The fourth-order valence-electron chi connectivity index (χ4n) is 3.63. The van der Waals surface area contributed by atoms with E-state index in [9.17, 15) is 19.5 Å². The molecule has 0 spiro atoms. The van der Waals surface area contributed by atoms with Gasteiger partial charge in [-0.1, -0.05) is 59.8 Å². The molecule has 9 nitrogen and oxygen atoms in total. The standard InChI is InChI=1S/C25H26N4O5S/c1-16-9-11-19(12-10-16)34-14-18(30)13-29-21-22(27(2)25(33)28(3)23(21)32)26-24(29)35-15-20(31)17-7-5-4-6-8-17/h4-12,18,30H,13-15H2,1-3H3/t18-/m1/s1. The second-order valence-corrected chi connectivity index (χ2v) is 9.18. The summed E-state index contributed by atoms with van der Waals surface area (Å²) in [5.74, 6) is 0.600. The Balaban J connectivity index is 1.63. The number of hydrogen-bond acceptors (Lipinski definition) is 7. The van der Waals surface area contributed by atoms with Gasteiger partial charge in [0, 0.05) is 19.7 Å². The van der Waals surface area contributed by atoms with Crippen LogP contribution in [0.15, 0.2) is 69.3 Å². The van der Waals surface area contributed by atoms with Gasteiger partial charge in [-0.05, 0) is 19.1 Å². The lowest BCUT2D eigenvalue weighted by Crippen LogP contribution is -2.38. The molecular weight excluding hydrogens is 468 g/mol. The van der Waals surface area contributed by atoms with Crippen LogP contribution in [0.4, 0.5) is 0 Å². The third-order valence-electron chi connectivity index (χ3n) is 5.60. The van der Waals surface area contributed by atoms with Crippen molar-refractivity contribution >= 4 is 28.7 Å². The maximum atomic E-state index is 13.0. The first-order chi connectivity index (χ1) is 16.8. The molecule has 0 amide bonds. The number of ether oxygens (including phenoxy) is 1. The van der Waals surface area contributed by atoms with E-state index in [0.717, 1.165) is 21.9 Å². The smallest absolute Gasteiger partial charge is 0.332 e. The minimum atomic E-state index is -0.972. The zero-order valence-corrected chi connectivity index (χ0v) is 20.5. The lowest BCUT2D eigenvalue weighted by Gasteiger charge is -2.15. The molecule has 0 unspecified atom stereocenters. The van der Waals surface area contributed by atoms with Crippen molar-refractivity contribution in [3.8, 4) is 5.75 Å². The Kier molecular flexibility index (Phi) is 7.23. The molecule has 0 saturated heterocycles. The second-order valence-electron chi connectivity index (χ2n) is 8.24. The molecule has 1 N–H and O–H groups in total. The lowest BCUT2D eigenvalue weighted by molar-refractivity contribution is 0.0913. The molecule has 2 aromatic carbocycles. The summed E-state index contributed by atoms with van der Waals surface area (Å²) in [6.07, 6.45) is -0.972. The topological polar surface area (TPSA) is 108 Å². The van der Waals surface area contributed by atoms with Gasteiger partial charge in [0.15, 0.2) is 22.1 Å². The molecular formula is C25H26N4O5S. The van der Waals surface area contributed by atoms with Crippen molar-refractivity contribution in [2.24, 2.45) is 14.1 Å². The quantitative estimate of drug-likeness (QED) is 0.281. The number of imidazole rings is 1. The number of aliphatic hydroxyl groups is 1. The van der Waals surface area contributed by atoms with Gasteiger partial charge < -0.3 is 14.4 Å². The van der Waals surface area contributed by atoms with Crippen LogP contribution in [0, 0.1) is 6.92 Å². The van der Waals surface area contributed by atoms with Crippen molar-refractivity contribution in [3.63, 3.8) is 0 Å². The molecule has 0 aliphatic carbocycles. The van der Waals surface area contributed by atoms with Crippen molar-refractivity contribution in [3.05, 3.63) is 86.6 Å². The van der Waals surface area contributed by atoms with E-state index in [4.69, 9.17) is 4.74 Å². The monoisotopic (exact) mass is 494 g/mol. The number of carbonyl (C=O) groups is 1. The minimum Gasteiger partial charge on any atom is -0.491 e. The number of nitrogens with zero attached hydrogens (tertiary/aromatic N) is 4. The first-order valence-electron chi connectivity index (χ1n) is 11.0. The lowest BCUT2D eigenvalue weighted by atomic mass is 10.2. The number of aryl methyl sites for hydroxylation is 2. The van der Waals surface area contributed by atoms with Gasteiger partial charge in [0.2, 0.25) is 0 Å². The molecule has 0 fully saturated rings. The van der Waals surface area contributed by atoms with Gasteiger partial charge in [0.1, 0.15) is 18.5 Å². The van der Waals surface area contributed by atoms with Crippen LogP contribution in [0.2, 0.25) is 0 Å². The predicted octanol–water partition coefficient (Wildman–Crippen LogP) is 2.16.